The van der Waals surface area contributed by atoms with Crippen LogP contribution in [0.4, 0.5) is 0 Å². The molecule has 0 radical (unpaired) electrons. The van der Waals surface area contributed by atoms with Crippen LogP contribution in [-0.2, 0) is 0 Å². The fourth-order valence-corrected chi connectivity index (χ4v) is 4.13. The minimum absolute atomic E-state index is 0.511. The summed E-state index contributed by atoms with van der Waals surface area (Å²) in [7, 11) is 4.35. The predicted octanol–water partition coefficient (Wildman–Crippen LogP) is 3.26. The number of hydrogen-bond acceptors (Lipinski definition) is 3. The molecule has 90 valence electrons. The molecule has 1 aromatic rings. The normalized spacial score (nSPS) is 23.6. The Morgan fingerprint density at radius 3 is 2.75 bits per heavy atom. The molecular weight excluding hydrogens is 284 g/mol. The van der Waals surface area contributed by atoms with Gasteiger partial charge < -0.3 is 10.2 Å². The molecule has 1 N–H and O–H groups in total. The van der Waals surface area contributed by atoms with Crippen molar-refractivity contribution in [2.24, 2.45) is 0 Å². The number of nitrogens with one attached hydrogen (secondary N) is 1. The summed E-state index contributed by atoms with van der Waals surface area (Å²) < 4.78 is 1.23. The monoisotopic (exact) mass is 302 g/mol. The number of nitrogens with zero attached hydrogens (tertiary/aromatic N) is 1. The molecule has 1 fully saturated rings. The van der Waals surface area contributed by atoms with Crippen LogP contribution in [-0.4, -0.2) is 31.6 Å². The standard InChI is InChI=1S/C12H19BrN2S/c1-15(2)12(9-5-3-4-8-14-9)10-6-7-11(13)16-10/h6-7,9,12,14H,3-5,8H2,1-2H3. The van der Waals surface area contributed by atoms with E-state index in [1.54, 1.807) is 0 Å². The van der Waals surface area contributed by atoms with Crippen LogP contribution in [0.5, 0.6) is 0 Å². The van der Waals surface area contributed by atoms with Gasteiger partial charge in [0.25, 0.3) is 0 Å². The largest absolute Gasteiger partial charge is 0.312 e. The van der Waals surface area contributed by atoms with E-state index in [4.69, 9.17) is 0 Å². The molecular formula is C12H19BrN2S. The lowest BCUT2D eigenvalue weighted by Crippen LogP contribution is -2.43. The molecule has 2 unspecified atom stereocenters. The number of piperidine rings is 1. The van der Waals surface area contributed by atoms with Crippen molar-refractivity contribution in [2.75, 3.05) is 20.6 Å². The zero-order chi connectivity index (χ0) is 11.5. The van der Waals surface area contributed by atoms with Gasteiger partial charge in [-0.1, -0.05) is 6.42 Å². The predicted molar refractivity (Wildman–Crippen MR) is 74.1 cm³/mol. The maximum Gasteiger partial charge on any atom is 0.0702 e. The lowest BCUT2D eigenvalue weighted by atomic mass is 9.96. The van der Waals surface area contributed by atoms with Crippen molar-refractivity contribution in [3.05, 3.63) is 20.8 Å². The van der Waals surface area contributed by atoms with Crippen LogP contribution in [0.1, 0.15) is 30.2 Å². The Morgan fingerprint density at radius 2 is 2.25 bits per heavy atom. The van der Waals surface area contributed by atoms with Crippen LogP contribution >= 0.6 is 27.3 Å². The zero-order valence-electron chi connectivity index (χ0n) is 9.87. The van der Waals surface area contributed by atoms with Gasteiger partial charge in [-0.2, -0.15) is 0 Å². The summed E-state index contributed by atoms with van der Waals surface area (Å²) in [5.74, 6) is 0. The minimum Gasteiger partial charge on any atom is -0.312 e. The van der Waals surface area contributed by atoms with Gasteiger partial charge in [-0.25, -0.2) is 0 Å². The van der Waals surface area contributed by atoms with Gasteiger partial charge in [0.15, 0.2) is 0 Å². The van der Waals surface area contributed by atoms with E-state index in [-0.39, 0.29) is 0 Å². The molecule has 1 aliphatic heterocycles. The Morgan fingerprint density at radius 1 is 1.44 bits per heavy atom. The highest BCUT2D eigenvalue weighted by atomic mass is 79.9. The van der Waals surface area contributed by atoms with Gasteiger partial charge in [0.2, 0.25) is 0 Å². The van der Waals surface area contributed by atoms with E-state index in [9.17, 15) is 0 Å². The molecule has 2 atom stereocenters. The smallest absolute Gasteiger partial charge is 0.0702 e. The van der Waals surface area contributed by atoms with E-state index in [0.717, 1.165) is 0 Å². The van der Waals surface area contributed by atoms with Gasteiger partial charge in [-0.15, -0.1) is 11.3 Å². The minimum atomic E-state index is 0.511. The van der Waals surface area contributed by atoms with Crippen molar-refractivity contribution < 1.29 is 0 Å². The summed E-state index contributed by atoms with van der Waals surface area (Å²) >= 11 is 5.41. The second-order valence-electron chi connectivity index (χ2n) is 4.61. The number of hydrogen-bond donors (Lipinski definition) is 1. The molecule has 0 aliphatic carbocycles. The lowest BCUT2D eigenvalue weighted by molar-refractivity contribution is 0.208. The Hall–Kier alpha value is 0.1000. The Kier molecular flexibility index (Phi) is 4.41. The molecule has 0 aromatic carbocycles. The summed E-state index contributed by atoms with van der Waals surface area (Å²) in [6.07, 6.45) is 3.97. The highest BCUT2D eigenvalue weighted by molar-refractivity contribution is 9.11. The highest BCUT2D eigenvalue weighted by Crippen LogP contribution is 2.33. The van der Waals surface area contributed by atoms with E-state index in [1.165, 1.54) is 34.5 Å². The summed E-state index contributed by atoms with van der Waals surface area (Å²) in [6, 6.07) is 5.51. The van der Waals surface area contributed by atoms with Crippen molar-refractivity contribution in [1.29, 1.82) is 0 Å². The van der Waals surface area contributed by atoms with E-state index in [0.29, 0.717) is 12.1 Å². The maximum absolute atomic E-state index is 3.66. The third-order valence-electron chi connectivity index (χ3n) is 3.17. The topological polar surface area (TPSA) is 15.3 Å². The van der Waals surface area contributed by atoms with Gasteiger partial charge in [0.1, 0.15) is 0 Å². The Balaban J connectivity index is 2.16. The Labute approximate surface area is 110 Å². The Bertz CT molecular complexity index is 332. The first-order valence-electron chi connectivity index (χ1n) is 5.83. The first kappa shape index (κ1) is 12.6. The first-order chi connectivity index (χ1) is 7.68. The van der Waals surface area contributed by atoms with Crippen LogP contribution in [0.25, 0.3) is 0 Å². The third kappa shape index (κ3) is 2.86. The fourth-order valence-electron chi connectivity index (χ4n) is 2.45. The number of thiophene rings is 1. The third-order valence-corrected chi connectivity index (χ3v) is 4.87. The van der Waals surface area contributed by atoms with Crippen LogP contribution in [0, 0.1) is 0 Å². The molecule has 2 heterocycles. The van der Waals surface area contributed by atoms with E-state index < -0.39 is 0 Å². The molecule has 2 nitrogen and oxygen atoms in total. The second-order valence-corrected chi connectivity index (χ2v) is 7.10. The number of likely N-dealkylation sites (N-methyl/N-ethyl adjacent to an activating group) is 1. The van der Waals surface area contributed by atoms with Crippen molar-refractivity contribution in [1.82, 2.24) is 10.2 Å². The molecule has 0 spiro atoms. The summed E-state index contributed by atoms with van der Waals surface area (Å²) in [4.78, 5) is 3.79. The van der Waals surface area contributed by atoms with Gasteiger partial charge in [-0.3, -0.25) is 0 Å². The first-order valence-corrected chi connectivity index (χ1v) is 7.44. The summed E-state index contributed by atoms with van der Waals surface area (Å²) in [5, 5.41) is 3.66. The molecule has 0 amide bonds. The molecule has 1 aliphatic rings. The number of halogens is 1. The van der Waals surface area contributed by atoms with Gasteiger partial charge in [-0.05, 0) is 61.5 Å². The summed E-state index contributed by atoms with van der Waals surface area (Å²) in [6.45, 7) is 1.17. The molecule has 4 heteroatoms. The SMILES string of the molecule is CN(C)C(c1ccc(Br)s1)C1CCCCN1. The molecule has 0 saturated carbocycles. The van der Waals surface area contributed by atoms with Gasteiger partial charge >= 0.3 is 0 Å². The molecule has 1 saturated heterocycles. The quantitative estimate of drug-likeness (QED) is 0.922. The molecule has 16 heavy (non-hydrogen) atoms. The second kappa shape index (κ2) is 5.63. The van der Waals surface area contributed by atoms with Gasteiger partial charge in [0.05, 0.1) is 9.83 Å². The highest BCUT2D eigenvalue weighted by Gasteiger charge is 2.27. The van der Waals surface area contributed by atoms with E-state index in [1.807, 2.05) is 11.3 Å². The van der Waals surface area contributed by atoms with Crippen molar-refractivity contribution in [3.8, 4) is 0 Å². The van der Waals surface area contributed by atoms with Crippen LogP contribution in [0.2, 0.25) is 0 Å². The van der Waals surface area contributed by atoms with Crippen molar-refractivity contribution in [3.63, 3.8) is 0 Å². The lowest BCUT2D eigenvalue weighted by Gasteiger charge is -2.35. The van der Waals surface area contributed by atoms with E-state index >= 15 is 0 Å². The molecule has 2 rings (SSSR count). The average Bonchev–Trinajstić information content (AvgIpc) is 2.66. The van der Waals surface area contributed by atoms with E-state index in [2.05, 4.69) is 52.4 Å². The molecule has 1 aromatic heterocycles. The van der Waals surface area contributed by atoms with Gasteiger partial charge in [0, 0.05) is 10.9 Å². The molecule has 0 bridgehead atoms. The summed E-state index contributed by atoms with van der Waals surface area (Å²) in [5.41, 5.74) is 0. The van der Waals surface area contributed by atoms with Crippen molar-refractivity contribution in [2.45, 2.75) is 31.3 Å². The average molecular weight is 303 g/mol. The fraction of sp³-hybridized carbons (Fsp3) is 0.667. The van der Waals surface area contributed by atoms with Crippen LogP contribution in [0.3, 0.4) is 0 Å². The van der Waals surface area contributed by atoms with Crippen LogP contribution in [0.15, 0.2) is 15.9 Å². The maximum atomic E-state index is 3.66. The van der Waals surface area contributed by atoms with Crippen molar-refractivity contribution >= 4 is 27.3 Å². The van der Waals surface area contributed by atoms with Crippen LogP contribution < -0.4 is 5.32 Å². The zero-order valence-corrected chi connectivity index (χ0v) is 12.3. The number of rotatable bonds is 3.